The van der Waals surface area contributed by atoms with Crippen LogP contribution in [0.1, 0.15) is 35.7 Å². The average molecular weight is 277 g/mol. The van der Waals surface area contributed by atoms with Crippen molar-refractivity contribution in [3.8, 4) is 0 Å². The van der Waals surface area contributed by atoms with Crippen molar-refractivity contribution in [3.05, 3.63) is 46.8 Å². The number of halogens is 2. The Bertz CT molecular complexity index is 649. The molecule has 0 spiro atoms. The third kappa shape index (κ3) is 2.17. The number of rotatable bonds is 2. The summed E-state index contributed by atoms with van der Waals surface area (Å²) in [6.07, 6.45) is 4.71. The van der Waals surface area contributed by atoms with E-state index < -0.39 is 11.6 Å². The second-order valence-electron chi connectivity index (χ2n) is 5.34. The summed E-state index contributed by atoms with van der Waals surface area (Å²) in [5, 5.41) is 7.37. The molecule has 0 aliphatic heterocycles. The van der Waals surface area contributed by atoms with Crippen molar-refractivity contribution in [1.29, 1.82) is 0 Å². The second kappa shape index (κ2) is 4.89. The molecule has 0 amide bonds. The molecule has 1 aliphatic carbocycles. The summed E-state index contributed by atoms with van der Waals surface area (Å²) in [4.78, 5) is 0. The highest BCUT2D eigenvalue weighted by molar-refractivity contribution is 5.49. The van der Waals surface area contributed by atoms with Gasteiger partial charge in [-0.05, 0) is 37.8 Å². The molecule has 0 saturated carbocycles. The van der Waals surface area contributed by atoms with Gasteiger partial charge in [0, 0.05) is 24.4 Å². The fraction of sp³-hybridized carbons (Fsp3) is 0.400. The van der Waals surface area contributed by atoms with Gasteiger partial charge >= 0.3 is 0 Å². The van der Waals surface area contributed by atoms with Gasteiger partial charge in [0.05, 0.1) is 17.9 Å². The first-order valence-electron chi connectivity index (χ1n) is 6.79. The normalized spacial score (nSPS) is 17.9. The van der Waals surface area contributed by atoms with Gasteiger partial charge in [-0.15, -0.1) is 0 Å². The maximum Gasteiger partial charge on any atom is 0.146 e. The molecule has 0 bridgehead atoms. The van der Waals surface area contributed by atoms with E-state index in [9.17, 15) is 8.78 Å². The van der Waals surface area contributed by atoms with Gasteiger partial charge in [-0.2, -0.15) is 5.10 Å². The Morgan fingerprint density at radius 1 is 1.30 bits per heavy atom. The number of hydrogen-bond donors (Lipinski definition) is 1. The zero-order valence-electron chi connectivity index (χ0n) is 11.6. The Morgan fingerprint density at radius 2 is 2.10 bits per heavy atom. The van der Waals surface area contributed by atoms with Crippen LogP contribution >= 0.6 is 0 Å². The molecule has 1 aliphatic rings. The Balaban J connectivity index is 1.91. The van der Waals surface area contributed by atoms with Crippen LogP contribution in [0.25, 0.3) is 0 Å². The number of nitrogens with zero attached hydrogens (tertiary/aromatic N) is 2. The smallest absolute Gasteiger partial charge is 0.146 e. The van der Waals surface area contributed by atoms with Gasteiger partial charge in [0.25, 0.3) is 0 Å². The molecule has 1 unspecified atom stereocenters. The Hall–Kier alpha value is -1.91. The lowest BCUT2D eigenvalue weighted by Crippen LogP contribution is -2.18. The highest BCUT2D eigenvalue weighted by Crippen LogP contribution is 2.33. The van der Waals surface area contributed by atoms with Gasteiger partial charge in [-0.25, -0.2) is 8.78 Å². The molecule has 0 saturated heterocycles. The molecular weight excluding hydrogens is 260 g/mol. The summed E-state index contributed by atoms with van der Waals surface area (Å²) in [6, 6.07) is 2.45. The van der Waals surface area contributed by atoms with Crippen LogP contribution in [0.2, 0.25) is 0 Å². The summed E-state index contributed by atoms with van der Waals surface area (Å²) in [6.45, 7) is 1.56. The van der Waals surface area contributed by atoms with E-state index in [0.717, 1.165) is 24.8 Å². The van der Waals surface area contributed by atoms with E-state index >= 15 is 0 Å². The first kappa shape index (κ1) is 13.1. The lowest BCUT2D eigenvalue weighted by molar-refractivity contribution is 0.560. The van der Waals surface area contributed by atoms with E-state index in [4.69, 9.17) is 0 Å². The number of fused-ring (bicyclic) bond motifs is 1. The fourth-order valence-electron chi connectivity index (χ4n) is 2.80. The molecule has 2 aromatic rings. The van der Waals surface area contributed by atoms with E-state index in [1.165, 1.54) is 17.8 Å². The molecule has 1 heterocycles. The molecule has 3 rings (SSSR count). The van der Waals surface area contributed by atoms with Crippen LogP contribution in [0.4, 0.5) is 14.5 Å². The monoisotopic (exact) mass is 277 g/mol. The van der Waals surface area contributed by atoms with E-state index in [2.05, 4.69) is 10.4 Å². The third-order valence-electron chi connectivity index (χ3n) is 3.95. The Kier molecular flexibility index (Phi) is 3.20. The van der Waals surface area contributed by atoms with Crippen molar-refractivity contribution in [2.24, 2.45) is 7.05 Å². The van der Waals surface area contributed by atoms with Crippen LogP contribution in [-0.4, -0.2) is 9.78 Å². The van der Waals surface area contributed by atoms with Crippen molar-refractivity contribution < 1.29 is 8.78 Å². The summed E-state index contributed by atoms with van der Waals surface area (Å²) >= 11 is 0. The third-order valence-corrected chi connectivity index (χ3v) is 3.95. The number of hydrogen-bond acceptors (Lipinski definition) is 2. The van der Waals surface area contributed by atoms with Crippen molar-refractivity contribution in [2.75, 3.05) is 5.32 Å². The predicted molar refractivity (Wildman–Crippen MR) is 73.6 cm³/mol. The molecule has 3 nitrogen and oxygen atoms in total. The molecule has 106 valence electrons. The maximum absolute atomic E-state index is 13.9. The van der Waals surface area contributed by atoms with Gasteiger partial charge < -0.3 is 5.32 Å². The molecule has 0 radical (unpaired) electrons. The minimum Gasteiger partial charge on any atom is -0.376 e. The molecule has 1 N–H and O–H groups in total. The van der Waals surface area contributed by atoms with Crippen LogP contribution in [0.3, 0.4) is 0 Å². The first-order valence-corrected chi connectivity index (χ1v) is 6.79. The van der Waals surface area contributed by atoms with Crippen molar-refractivity contribution in [3.63, 3.8) is 0 Å². The molecular formula is C15H17F2N3. The minimum absolute atomic E-state index is 0.0101. The Morgan fingerprint density at radius 3 is 2.90 bits per heavy atom. The summed E-state index contributed by atoms with van der Waals surface area (Å²) in [7, 11) is 1.91. The molecule has 1 atom stereocenters. The topological polar surface area (TPSA) is 29.9 Å². The van der Waals surface area contributed by atoms with Gasteiger partial charge in [0.1, 0.15) is 11.6 Å². The zero-order valence-corrected chi connectivity index (χ0v) is 11.6. The summed E-state index contributed by atoms with van der Waals surface area (Å²) in [5.41, 5.74) is 2.79. The highest BCUT2D eigenvalue weighted by atomic mass is 19.1. The molecule has 5 heteroatoms. The number of aryl methyl sites for hydroxylation is 2. The standard InChI is InChI=1S/C15H17F2N3/c1-9-6-12(17)14(7-11(9)16)19-13-4-3-5-15-10(13)8-18-20(15)2/h6-8,13,19H,3-5H2,1-2H3. The van der Waals surface area contributed by atoms with Crippen LogP contribution < -0.4 is 5.32 Å². The number of nitrogens with one attached hydrogen (secondary N) is 1. The SMILES string of the molecule is Cc1cc(F)c(NC2CCCc3c2cnn3C)cc1F. The van der Waals surface area contributed by atoms with E-state index in [1.807, 2.05) is 17.9 Å². The van der Waals surface area contributed by atoms with Crippen LogP contribution in [-0.2, 0) is 13.5 Å². The number of benzene rings is 1. The van der Waals surface area contributed by atoms with Crippen LogP contribution in [0.15, 0.2) is 18.3 Å². The maximum atomic E-state index is 13.9. The largest absolute Gasteiger partial charge is 0.376 e. The molecule has 20 heavy (non-hydrogen) atoms. The first-order chi connectivity index (χ1) is 9.56. The fourth-order valence-corrected chi connectivity index (χ4v) is 2.80. The van der Waals surface area contributed by atoms with Gasteiger partial charge in [-0.1, -0.05) is 0 Å². The highest BCUT2D eigenvalue weighted by Gasteiger charge is 2.24. The predicted octanol–water partition coefficient (Wildman–Crippen LogP) is 3.50. The van der Waals surface area contributed by atoms with E-state index in [1.54, 1.807) is 6.92 Å². The van der Waals surface area contributed by atoms with Crippen LogP contribution in [0.5, 0.6) is 0 Å². The van der Waals surface area contributed by atoms with Crippen LogP contribution in [0, 0.1) is 18.6 Å². The molecule has 0 fully saturated rings. The van der Waals surface area contributed by atoms with Crippen molar-refractivity contribution in [1.82, 2.24) is 9.78 Å². The number of anilines is 1. The van der Waals surface area contributed by atoms with Gasteiger partial charge in [0.15, 0.2) is 0 Å². The van der Waals surface area contributed by atoms with Gasteiger partial charge in [-0.3, -0.25) is 4.68 Å². The molecule has 1 aromatic carbocycles. The average Bonchev–Trinajstić information content (AvgIpc) is 2.79. The Labute approximate surface area is 116 Å². The zero-order chi connectivity index (χ0) is 14.3. The van der Waals surface area contributed by atoms with E-state index in [0.29, 0.717) is 5.56 Å². The summed E-state index contributed by atoms with van der Waals surface area (Å²) in [5.74, 6) is -0.809. The van der Waals surface area contributed by atoms with Crippen molar-refractivity contribution >= 4 is 5.69 Å². The van der Waals surface area contributed by atoms with E-state index in [-0.39, 0.29) is 11.7 Å². The summed E-state index contributed by atoms with van der Waals surface area (Å²) < 4.78 is 29.4. The van der Waals surface area contributed by atoms with Gasteiger partial charge in [0.2, 0.25) is 0 Å². The minimum atomic E-state index is -0.417. The second-order valence-corrected chi connectivity index (χ2v) is 5.34. The van der Waals surface area contributed by atoms with Crippen molar-refractivity contribution in [2.45, 2.75) is 32.2 Å². The number of aromatic nitrogens is 2. The lowest BCUT2D eigenvalue weighted by Gasteiger charge is -2.25. The lowest BCUT2D eigenvalue weighted by atomic mass is 9.92. The molecule has 1 aromatic heterocycles. The quantitative estimate of drug-likeness (QED) is 0.910.